The largest absolute Gasteiger partial charge is 0.350 e. The lowest BCUT2D eigenvalue weighted by Gasteiger charge is -2.40. The van der Waals surface area contributed by atoms with Gasteiger partial charge in [0.15, 0.2) is 0 Å². The van der Waals surface area contributed by atoms with Crippen LogP contribution < -0.4 is 11.1 Å². The number of rotatable bonds is 6. The van der Waals surface area contributed by atoms with Crippen LogP contribution in [0.4, 0.5) is 0 Å². The number of benzene rings is 1. The lowest BCUT2D eigenvalue weighted by Crippen LogP contribution is -2.55. The molecule has 3 N–H and O–H groups in total. The van der Waals surface area contributed by atoms with Crippen LogP contribution in [0.15, 0.2) is 30.3 Å². The van der Waals surface area contributed by atoms with Crippen LogP contribution in [0.3, 0.4) is 0 Å². The minimum atomic E-state index is -0.438. The molecule has 0 unspecified atom stereocenters. The minimum Gasteiger partial charge on any atom is -0.350 e. The fraction of sp³-hybridized carbons (Fsp3) is 0.611. The number of carbonyl (C=O) groups excluding carboxylic acids is 1. The van der Waals surface area contributed by atoms with E-state index in [4.69, 9.17) is 5.73 Å². The molecule has 4 heteroatoms. The standard InChI is InChI=1S/C18H29N3O/c1-3-21(13-15-9-5-4-6-10-15)17-12-8-7-11-16(17)20-18(22)14(2)19/h4-6,9-10,14,16-17H,3,7-8,11-13,19H2,1-2H3,(H,20,22)/t14-,16+,17-/m0/s1. The maximum atomic E-state index is 12.0. The average Bonchev–Trinajstić information content (AvgIpc) is 2.54. The summed E-state index contributed by atoms with van der Waals surface area (Å²) >= 11 is 0. The Labute approximate surface area is 134 Å². The predicted octanol–water partition coefficient (Wildman–Crippen LogP) is 2.28. The normalized spacial score (nSPS) is 23.3. The lowest BCUT2D eigenvalue weighted by molar-refractivity contribution is -0.123. The van der Waals surface area contributed by atoms with Gasteiger partial charge in [0.25, 0.3) is 0 Å². The monoisotopic (exact) mass is 303 g/mol. The maximum Gasteiger partial charge on any atom is 0.236 e. The number of hydrogen-bond acceptors (Lipinski definition) is 3. The molecule has 1 fully saturated rings. The zero-order chi connectivity index (χ0) is 15.9. The Bertz CT molecular complexity index is 461. The summed E-state index contributed by atoms with van der Waals surface area (Å²) in [6.07, 6.45) is 4.61. The summed E-state index contributed by atoms with van der Waals surface area (Å²) in [5.41, 5.74) is 7.03. The quantitative estimate of drug-likeness (QED) is 0.847. The highest BCUT2D eigenvalue weighted by Gasteiger charge is 2.31. The Morgan fingerprint density at radius 3 is 2.64 bits per heavy atom. The molecule has 0 bridgehead atoms. The fourth-order valence-electron chi connectivity index (χ4n) is 3.31. The van der Waals surface area contributed by atoms with E-state index in [0.717, 1.165) is 25.9 Å². The minimum absolute atomic E-state index is 0.0346. The van der Waals surface area contributed by atoms with Gasteiger partial charge in [-0.15, -0.1) is 0 Å². The second-order valence-corrected chi connectivity index (χ2v) is 6.30. The second kappa shape index (κ2) is 8.30. The van der Waals surface area contributed by atoms with Crippen LogP contribution in [0.25, 0.3) is 0 Å². The zero-order valence-corrected chi connectivity index (χ0v) is 13.8. The van der Waals surface area contributed by atoms with Gasteiger partial charge >= 0.3 is 0 Å². The zero-order valence-electron chi connectivity index (χ0n) is 13.8. The smallest absolute Gasteiger partial charge is 0.236 e. The van der Waals surface area contributed by atoms with Crippen LogP contribution >= 0.6 is 0 Å². The van der Waals surface area contributed by atoms with Crippen molar-refractivity contribution in [3.8, 4) is 0 Å². The van der Waals surface area contributed by atoms with Crippen molar-refractivity contribution in [2.24, 2.45) is 5.73 Å². The van der Waals surface area contributed by atoms with Gasteiger partial charge in [-0.3, -0.25) is 9.69 Å². The summed E-state index contributed by atoms with van der Waals surface area (Å²) in [6, 6.07) is 10.7. The van der Waals surface area contributed by atoms with Gasteiger partial charge in [-0.05, 0) is 31.9 Å². The molecule has 0 aliphatic heterocycles. The molecule has 2 rings (SSSR count). The first-order valence-electron chi connectivity index (χ1n) is 8.45. The van der Waals surface area contributed by atoms with Gasteiger partial charge < -0.3 is 11.1 Å². The number of nitrogens with one attached hydrogen (secondary N) is 1. The van der Waals surface area contributed by atoms with E-state index >= 15 is 0 Å². The third-order valence-electron chi connectivity index (χ3n) is 4.57. The molecule has 1 saturated carbocycles. The molecule has 0 saturated heterocycles. The molecule has 0 heterocycles. The van der Waals surface area contributed by atoms with Gasteiger partial charge in [0, 0.05) is 18.6 Å². The molecule has 1 aliphatic rings. The molecule has 4 nitrogen and oxygen atoms in total. The Balaban J connectivity index is 2.05. The first kappa shape index (κ1) is 17.0. The molecular weight excluding hydrogens is 274 g/mol. The van der Waals surface area contributed by atoms with Crippen molar-refractivity contribution in [3.05, 3.63) is 35.9 Å². The highest BCUT2D eigenvalue weighted by Crippen LogP contribution is 2.24. The summed E-state index contributed by atoms with van der Waals surface area (Å²) in [7, 11) is 0. The number of nitrogens with zero attached hydrogens (tertiary/aromatic N) is 1. The van der Waals surface area contributed by atoms with Crippen molar-refractivity contribution in [1.29, 1.82) is 0 Å². The van der Waals surface area contributed by atoms with Crippen LogP contribution in [0.5, 0.6) is 0 Å². The van der Waals surface area contributed by atoms with Crippen molar-refractivity contribution in [2.45, 2.75) is 64.2 Å². The van der Waals surface area contributed by atoms with E-state index in [1.807, 2.05) is 6.07 Å². The van der Waals surface area contributed by atoms with Crippen LogP contribution in [-0.4, -0.2) is 35.5 Å². The van der Waals surface area contributed by atoms with Gasteiger partial charge in [-0.2, -0.15) is 0 Å². The van der Waals surface area contributed by atoms with Gasteiger partial charge in [-0.25, -0.2) is 0 Å². The molecule has 1 aromatic carbocycles. The number of likely N-dealkylation sites (N-methyl/N-ethyl adjacent to an activating group) is 1. The SMILES string of the molecule is CCN(Cc1ccccc1)[C@H]1CCCC[C@H]1NC(=O)[C@H](C)N. The number of hydrogen-bond donors (Lipinski definition) is 2. The van der Waals surface area contributed by atoms with E-state index in [9.17, 15) is 4.79 Å². The van der Waals surface area contributed by atoms with Gasteiger partial charge in [-0.1, -0.05) is 50.1 Å². The first-order chi connectivity index (χ1) is 10.6. The highest BCUT2D eigenvalue weighted by molar-refractivity contribution is 5.81. The molecule has 122 valence electrons. The molecule has 0 spiro atoms. The molecular formula is C18H29N3O. The summed E-state index contributed by atoms with van der Waals surface area (Å²) in [5, 5.41) is 3.16. The van der Waals surface area contributed by atoms with E-state index in [1.165, 1.54) is 18.4 Å². The lowest BCUT2D eigenvalue weighted by atomic mass is 9.88. The topological polar surface area (TPSA) is 58.4 Å². The molecule has 1 aromatic rings. The number of amides is 1. The summed E-state index contributed by atoms with van der Waals surface area (Å²) < 4.78 is 0. The van der Waals surface area contributed by atoms with Gasteiger partial charge in [0.05, 0.1) is 6.04 Å². The fourth-order valence-corrected chi connectivity index (χ4v) is 3.31. The average molecular weight is 303 g/mol. The summed E-state index contributed by atoms with van der Waals surface area (Å²) in [4.78, 5) is 14.5. The van der Waals surface area contributed by atoms with Crippen LogP contribution in [0.1, 0.15) is 45.1 Å². The Morgan fingerprint density at radius 2 is 2.00 bits per heavy atom. The van der Waals surface area contributed by atoms with E-state index in [2.05, 4.69) is 41.4 Å². The van der Waals surface area contributed by atoms with E-state index in [1.54, 1.807) is 6.92 Å². The summed E-state index contributed by atoms with van der Waals surface area (Å²) in [6.45, 7) is 5.87. The Hall–Kier alpha value is -1.39. The molecule has 3 atom stereocenters. The third kappa shape index (κ3) is 4.55. The van der Waals surface area contributed by atoms with Gasteiger partial charge in [0.2, 0.25) is 5.91 Å². The third-order valence-corrected chi connectivity index (χ3v) is 4.57. The maximum absolute atomic E-state index is 12.0. The number of carbonyl (C=O) groups is 1. The van der Waals surface area contributed by atoms with Crippen molar-refractivity contribution in [3.63, 3.8) is 0 Å². The van der Waals surface area contributed by atoms with E-state index in [-0.39, 0.29) is 11.9 Å². The predicted molar refractivity (Wildman–Crippen MR) is 90.4 cm³/mol. The van der Waals surface area contributed by atoms with Crippen LogP contribution in [-0.2, 0) is 11.3 Å². The number of nitrogens with two attached hydrogens (primary N) is 1. The Kier molecular flexibility index (Phi) is 6.40. The molecule has 1 aliphatic carbocycles. The van der Waals surface area contributed by atoms with Crippen molar-refractivity contribution < 1.29 is 4.79 Å². The van der Waals surface area contributed by atoms with Crippen LogP contribution in [0, 0.1) is 0 Å². The molecule has 0 aromatic heterocycles. The highest BCUT2D eigenvalue weighted by atomic mass is 16.2. The van der Waals surface area contributed by atoms with Crippen molar-refractivity contribution >= 4 is 5.91 Å². The first-order valence-corrected chi connectivity index (χ1v) is 8.45. The van der Waals surface area contributed by atoms with Crippen LogP contribution in [0.2, 0.25) is 0 Å². The van der Waals surface area contributed by atoms with Gasteiger partial charge in [0.1, 0.15) is 0 Å². The summed E-state index contributed by atoms with van der Waals surface area (Å²) in [5.74, 6) is -0.0346. The molecule has 22 heavy (non-hydrogen) atoms. The molecule has 0 radical (unpaired) electrons. The van der Waals surface area contributed by atoms with E-state index in [0.29, 0.717) is 6.04 Å². The molecule has 1 amide bonds. The van der Waals surface area contributed by atoms with Crippen molar-refractivity contribution in [1.82, 2.24) is 10.2 Å². The Morgan fingerprint density at radius 1 is 1.32 bits per heavy atom. The van der Waals surface area contributed by atoms with Crippen molar-refractivity contribution in [2.75, 3.05) is 6.54 Å². The second-order valence-electron chi connectivity index (χ2n) is 6.30. The van der Waals surface area contributed by atoms with E-state index < -0.39 is 6.04 Å².